The number of carbonyl (C=O) groups is 1. The number of nitrogens with zero attached hydrogens (tertiary/aromatic N) is 3. The lowest BCUT2D eigenvalue weighted by atomic mass is 10.2. The molecule has 0 spiro atoms. The molecular formula is C23H20Br2N4O3S. The van der Waals surface area contributed by atoms with Gasteiger partial charge in [-0.05, 0) is 80.7 Å². The molecule has 2 heterocycles. The number of anilines is 1. The lowest BCUT2D eigenvalue weighted by Gasteiger charge is -2.12. The Balaban J connectivity index is 1.46. The highest BCUT2D eigenvalue weighted by atomic mass is 79.9. The van der Waals surface area contributed by atoms with Crippen molar-refractivity contribution in [3.63, 3.8) is 0 Å². The number of hydrogen-bond acceptors (Lipinski definition) is 6. The van der Waals surface area contributed by atoms with E-state index in [1.165, 1.54) is 11.8 Å². The maximum atomic E-state index is 12.6. The Bertz CT molecular complexity index is 1210. The average Bonchev–Trinajstić information content (AvgIpc) is 3.44. The van der Waals surface area contributed by atoms with Crippen LogP contribution in [0, 0.1) is 6.92 Å². The Hall–Kier alpha value is -2.56. The number of aromatic nitrogens is 3. The van der Waals surface area contributed by atoms with Crippen molar-refractivity contribution in [1.82, 2.24) is 14.8 Å². The van der Waals surface area contributed by atoms with E-state index in [-0.39, 0.29) is 18.3 Å². The van der Waals surface area contributed by atoms with E-state index in [1.54, 1.807) is 6.26 Å². The Morgan fingerprint density at radius 3 is 2.58 bits per heavy atom. The van der Waals surface area contributed by atoms with Crippen molar-refractivity contribution >= 4 is 55.2 Å². The number of nitrogens with one attached hydrogen (secondary N) is 1. The van der Waals surface area contributed by atoms with Crippen molar-refractivity contribution in [3.8, 4) is 5.75 Å². The Morgan fingerprint density at radius 1 is 1.12 bits per heavy atom. The lowest BCUT2D eigenvalue weighted by molar-refractivity contribution is -0.113. The fourth-order valence-corrected chi connectivity index (χ4v) is 5.41. The van der Waals surface area contributed by atoms with Crippen LogP contribution in [0.25, 0.3) is 0 Å². The van der Waals surface area contributed by atoms with Crippen molar-refractivity contribution in [1.29, 1.82) is 0 Å². The van der Waals surface area contributed by atoms with Gasteiger partial charge in [0.25, 0.3) is 0 Å². The zero-order valence-electron chi connectivity index (χ0n) is 17.6. The second-order valence-electron chi connectivity index (χ2n) is 7.11. The monoisotopic (exact) mass is 590 g/mol. The van der Waals surface area contributed by atoms with Gasteiger partial charge in [0.05, 0.1) is 24.2 Å². The summed E-state index contributed by atoms with van der Waals surface area (Å²) in [5.41, 5.74) is 1.78. The number of ether oxygens (including phenoxy) is 1. The van der Waals surface area contributed by atoms with Crippen molar-refractivity contribution in [2.45, 2.75) is 25.2 Å². The Kier molecular flexibility index (Phi) is 7.89. The number of carbonyl (C=O) groups excluding carboxylic acids is 1. The predicted octanol–water partition coefficient (Wildman–Crippen LogP) is 6.06. The molecular weight excluding hydrogens is 572 g/mol. The smallest absolute Gasteiger partial charge is 0.234 e. The maximum absolute atomic E-state index is 12.6. The molecule has 0 bridgehead atoms. The summed E-state index contributed by atoms with van der Waals surface area (Å²) in [6, 6.07) is 17.1. The van der Waals surface area contributed by atoms with Gasteiger partial charge in [-0.1, -0.05) is 30.0 Å². The minimum absolute atomic E-state index is 0.153. The van der Waals surface area contributed by atoms with E-state index in [0.717, 1.165) is 26.0 Å². The van der Waals surface area contributed by atoms with Crippen molar-refractivity contribution < 1.29 is 13.9 Å². The summed E-state index contributed by atoms with van der Waals surface area (Å²) in [6.45, 7) is 2.67. The van der Waals surface area contributed by atoms with Crippen LogP contribution in [0.5, 0.6) is 5.75 Å². The van der Waals surface area contributed by atoms with Crippen LogP contribution in [0.1, 0.15) is 17.1 Å². The van der Waals surface area contributed by atoms with Crippen molar-refractivity contribution in [3.05, 3.63) is 87.0 Å². The molecule has 0 fully saturated rings. The van der Waals surface area contributed by atoms with Crippen molar-refractivity contribution in [2.24, 2.45) is 0 Å². The first kappa shape index (κ1) is 23.6. The molecule has 2 aromatic carbocycles. The van der Waals surface area contributed by atoms with Gasteiger partial charge in [0.15, 0.2) is 11.0 Å². The van der Waals surface area contributed by atoms with Crippen molar-refractivity contribution in [2.75, 3.05) is 11.1 Å². The predicted molar refractivity (Wildman–Crippen MR) is 135 cm³/mol. The molecule has 4 rings (SSSR count). The van der Waals surface area contributed by atoms with Crippen LogP contribution in [0.3, 0.4) is 0 Å². The Labute approximate surface area is 212 Å². The molecule has 7 nitrogen and oxygen atoms in total. The van der Waals surface area contributed by atoms with Crippen LogP contribution >= 0.6 is 43.6 Å². The van der Waals surface area contributed by atoms with Crippen LogP contribution < -0.4 is 10.1 Å². The fourth-order valence-electron chi connectivity index (χ4n) is 3.04. The highest BCUT2D eigenvalue weighted by Crippen LogP contribution is 2.32. The van der Waals surface area contributed by atoms with Crippen LogP contribution in [0.4, 0.5) is 5.69 Å². The second-order valence-corrected chi connectivity index (χ2v) is 9.76. The van der Waals surface area contributed by atoms with Gasteiger partial charge < -0.3 is 14.5 Å². The minimum Gasteiger partial charge on any atom is -0.486 e. The van der Waals surface area contributed by atoms with E-state index in [0.29, 0.717) is 23.2 Å². The van der Waals surface area contributed by atoms with Gasteiger partial charge in [-0.25, -0.2) is 0 Å². The number of hydrogen-bond donors (Lipinski definition) is 1. The fraction of sp³-hybridized carbons (Fsp3) is 0.174. The van der Waals surface area contributed by atoms with Gasteiger partial charge in [0, 0.05) is 8.95 Å². The lowest BCUT2D eigenvalue weighted by Crippen LogP contribution is -2.16. The van der Waals surface area contributed by atoms with Crippen LogP contribution in [-0.4, -0.2) is 26.4 Å². The summed E-state index contributed by atoms with van der Waals surface area (Å²) in [5, 5.41) is 12.1. The normalized spacial score (nSPS) is 10.9. The third-order valence-corrected chi connectivity index (χ3v) is 6.80. The van der Waals surface area contributed by atoms with Gasteiger partial charge >= 0.3 is 0 Å². The highest BCUT2D eigenvalue weighted by Gasteiger charge is 2.17. The van der Waals surface area contributed by atoms with E-state index in [9.17, 15) is 4.79 Å². The summed E-state index contributed by atoms with van der Waals surface area (Å²) in [6.07, 6.45) is 1.62. The number of benzene rings is 2. The maximum Gasteiger partial charge on any atom is 0.234 e. The second kappa shape index (κ2) is 11.0. The number of aryl methyl sites for hydroxylation is 1. The average molecular weight is 592 g/mol. The molecule has 0 atom stereocenters. The molecule has 0 unspecified atom stereocenters. The van der Waals surface area contributed by atoms with Crippen LogP contribution in [0.2, 0.25) is 0 Å². The largest absolute Gasteiger partial charge is 0.486 e. The number of furan rings is 1. The van der Waals surface area contributed by atoms with Gasteiger partial charge in [-0.2, -0.15) is 0 Å². The first-order valence-electron chi connectivity index (χ1n) is 10.00. The first-order valence-corrected chi connectivity index (χ1v) is 12.6. The third-order valence-electron chi connectivity index (χ3n) is 4.58. The van der Waals surface area contributed by atoms with Gasteiger partial charge in [-0.3, -0.25) is 9.36 Å². The summed E-state index contributed by atoms with van der Waals surface area (Å²) in [7, 11) is 0. The van der Waals surface area contributed by atoms with Gasteiger partial charge in [0.2, 0.25) is 5.91 Å². The molecule has 0 radical (unpaired) electrons. The topological polar surface area (TPSA) is 82.2 Å². The van der Waals surface area contributed by atoms with Gasteiger partial charge in [-0.15, -0.1) is 10.2 Å². The molecule has 0 aliphatic carbocycles. The van der Waals surface area contributed by atoms with Crippen LogP contribution in [-0.2, 0) is 17.9 Å². The van der Waals surface area contributed by atoms with Crippen LogP contribution in [0.15, 0.2) is 79.4 Å². The summed E-state index contributed by atoms with van der Waals surface area (Å²) >= 11 is 8.31. The third kappa shape index (κ3) is 6.27. The molecule has 1 N–H and O–H groups in total. The standard InChI is InChI=1S/C23H20Br2N4O3S/c1-15-10-18(24)22(19(25)11-15)26-21(30)14-33-23-28-27-20(13-32-16-6-3-2-4-7-16)29(23)12-17-8-5-9-31-17/h2-11H,12-14H2,1H3,(H,26,30). The van der Waals surface area contributed by atoms with E-state index in [2.05, 4.69) is 47.4 Å². The van der Waals surface area contributed by atoms with E-state index in [1.807, 2.05) is 66.1 Å². The molecule has 1 amide bonds. The van der Waals surface area contributed by atoms with E-state index >= 15 is 0 Å². The quantitative estimate of drug-likeness (QED) is 0.238. The van der Waals surface area contributed by atoms with E-state index < -0.39 is 0 Å². The molecule has 33 heavy (non-hydrogen) atoms. The minimum atomic E-state index is -0.153. The molecule has 2 aromatic heterocycles. The molecule has 0 saturated heterocycles. The van der Waals surface area contributed by atoms with Gasteiger partial charge in [0.1, 0.15) is 18.1 Å². The number of rotatable bonds is 9. The highest BCUT2D eigenvalue weighted by molar-refractivity contribution is 9.11. The number of halogens is 2. The van der Waals surface area contributed by atoms with E-state index in [4.69, 9.17) is 9.15 Å². The molecule has 0 aliphatic rings. The molecule has 0 saturated carbocycles. The summed E-state index contributed by atoms with van der Waals surface area (Å²) < 4.78 is 14.9. The number of para-hydroxylation sites is 1. The Morgan fingerprint density at radius 2 is 1.88 bits per heavy atom. The molecule has 0 aliphatic heterocycles. The number of amides is 1. The summed E-state index contributed by atoms with van der Waals surface area (Å²) in [4.78, 5) is 12.6. The zero-order chi connectivity index (χ0) is 23.2. The number of thioether (sulfide) groups is 1. The first-order chi connectivity index (χ1) is 16.0. The molecule has 10 heteroatoms. The molecule has 4 aromatic rings. The molecule has 170 valence electrons. The summed E-state index contributed by atoms with van der Waals surface area (Å²) in [5.74, 6) is 2.16. The zero-order valence-corrected chi connectivity index (χ0v) is 21.6. The SMILES string of the molecule is Cc1cc(Br)c(NC(=O)CSc2nnc(COc3ccccc3)n2Cc2ccco2)c(Br)c1.